The number of nitrogens with zero attached hydrogens (tertiary/aromatic N) is 2. The normalized spacial score (nSPS) is 16.5. The number of rotatable bonds is 6. The third-order valence-corrected chi connectivity index (χ3v) is 3.83. The summed E-state index contributed by atoms with van der Waals surface area (Å²) in [7, 11) is 1.46. The summed E-state index contributed by atoms with van der Waals surface area (Å²) in [5.74, 6) is 0.0264. The van der Waals surface area contributed by atoms with E-state index in [0.717, 1.165) is 38.3 Å². The second-order valence-electron chi connectivity index (χ2n) is 5.47. The number of benzene rings is 1. The van der Waals surface area contributed by atoms with Gasteiger partial charge >= 0.3 is 0 Å². The van der Waals surface area contributed by atoms with Crippen molar-refractivity contribution < 1.29 is 13.9 Å². The zero-order valence-corrected chi connectivity index (χ0v) is 13.3. The Balaban J connectivity index is 1.80. The zero-order chi connectivity index (χ0) is 15.9. The molecule has 1 saturated heterocycles. The molecule has 0 radical (unpaired) electrons. The Morgan fingerprint density at radius 1 is 1.27 bits per heavy atom. The summed E-state index contributed by atoms with van der Waals surface area (Å²) in [5, 5.41) is 2.81. The number of halogens is 1. The molecule has 122 valence electrons. The number of hydrogen-bond donors (Lipinski definition) is 1. The van der Waals surface area contributed by atoms with E-state index in [1.807, 2.05) is 13.0 Å². The van der Waals surface area contributed by atoms with Gasteiger partial charge in [0.1, 0.15) is 0 Å². The Bertz CT molecular complexity index is 502. The zero-order valence-electron chi connectivity index (χ0n) is 13.3. The van der Waals surface area contributed by atoms with Gasteiger partial charge in [0, 0.05) is 39.3 Å². The predicted molar refractivity (Wildman–Crippen MR) is 83.4 cm³/mol. The van der Waals surface area contributed by atoms with Gasteiger partial charge in [-0.1, -0.05) is 6.07 Å². The van der Waals surface area contributed by atoms with Gasteiger partial charge in [0.05, 0.1) is 13.7 Å². The summed E-state index contributed by atoms with van der Waals surface area (Å²) >= 11 is 0. The Morgan fingerprint density at radius 2 is 1.95 bits per heavy atom. The summed E-state index contributed by atoms with van der Waals surface area (Å²) in [5.41, 5.74) is 0.940. The molecule has 0 aliphatic carbocycles. The van der Waals surface area contributed by atoms with Gasteiger partial charge in [-0.05, 0) is 24.6 Å². The number of carbonyl (C=O) groups excluding carboxylic acids is 1. The average Bonchev–Trinajstić information content (AvgIpc) is 2.50. The molecule has 1 amide bonds. The minimum absolute atomic E-state index is 0.0770. The first kappa shape index (κ1) is 16.7. The number of amides is 1. The summed E-state index contributed by atoms with van der Waals surface area (Å²) in [4.78, 5) is 16.0. The van der Waals surface area contributed by atoms with E-state index in [1.165, 1.54) is 13.2 Å². The molecular formula is C16H24FN3O2. The summed E-state index contributed by atoms with van der Waals surface area (Å²) in [6, 6.07) is 5.08. The molecule has 1 fully saturated rings. The topological polar surface area (TPSA) is 44.8 Å². The quantitative estimate of drug-likeness (QED) is 0.854. The summed E-state index contributed by atoms with van der Waals surface area (Å²) in [6.07, 6.45) is 0. The maximum Gasteiger partial charge on any atom is 0.234 e. The number of likely N-dealkylation sites (N-methyl/N-ethyl adjacent to an activating group) is 1. The van der Waals surface area contributed by atoms with E-state index in [1.54, 1.807) is 6.07 Å². The monoisotopic (exact) mass is 309 g/mol. The van der Waals surface area contributed by atoms with Crippen LogP contribution in [0.3, 0.4) is 0 Å². The number of carbonyl (C=O) groups is 1. The first-order chi connectivity index (χ1) is 10.6. The molecule has 1 aromatic carbocycles. The Hall–Kier alpha value is -1.66. The molecular weight excluding hydrogens is 285 g/mol. The molecule has 1 aromatic rings. The highest BCUT2D eigenvalue weighted by molar-refractivity contribution is 5.77. The van der Waals surface area contributed by atoms with E-state index in [9.17, 15) is 9.18 Å². The van der Waals surface area contributed by atoms with Crippen molar-refractivity contribution in [2.75, 3.05) is 46.4 Å². The highest BCUT2D eigenvalue weighted by Crippen LogP contribution is 2.19. The Morgan fingerprint density at radius 3 is 2.55 bits per heavy atom. The van der Waals surface area contributed by atoms with Gasteiger partial charge in [-0.25, -0.2) is 4.39 Å². The van der Waals surface area contributed by atoms with Crippen LogP contribution in [-0.2, 0) is 11.3 Å². The van der Waals surface area contributed by atoms with Gasteiger partial charge in [-0.15, -0.1) is 0 Å². The lowest BCUT2D eigenvalue weighted by atomic mass is 10.2. The van der Waals surface area contributed by atoms with Gasteiger partial charge in [0.2, 0.25) is 5.91 Å². The molecule has 5 nitrogen and oxygen atoms in total. The minimum atomic E-state index is -0.324. The van der Waals surface area contributed by atoms with Gasteiger partial charge in [-0.3, -0.25) is 14.6 Å². The van der Waals surface area contributed by atoms with Crippen molar-refractivity contribution in [2.24, 2.45) is 0 Å². The van der Waals surface area contributed by atoms with Crippen LogP contribution in [0.1, 0.15) is 12.5 Å². The fraction of sp³-hybridized carbons (Fsp3) is 0.562. The maximum absolute atomic E-state index is 13.7. The molecule has 22 heavy (non-hydrogen) atoms. The minimum Gasteiger partial charge on any atom is -0.494 e. The smallest absolute Gasteiger partial charge is 0.234 e. The molecule has 0 saturated carbocycles. The van der Waals surface area contributed by atoms with Crippen LogP contribution in [0.2, 0.25) is 0 Å². The van der Waals surface area contributed by atoms with Crippen molar-refractivity contribution in [1.29, 1.82) is 0 Å². The highest BCUT2D eigenvalue weighted by atomic mass is 19.1. The fourth-order valence-corrected chi connectivity index (χ4v) is 2.63. The van der Waals surface area contributed by atoms with Gasteiger partial charge in [-0.2, -0.15) is 0 Å². The first-order valence-corrected chi connectivity index (χ1v) is 7.66. The number of ether oxygens (including phenoxy) is 1. The summed E-state index contributed by atoms with van der Waals surface area (Å²) in [6.45, 7) is 7.24. The van der Waals surface area contributed by atoms with Crippen molar-refractivity contribution in [3.63, 3.8) is 0 Å². The number of nitrogens with one attached hydrogen (secondary N) is 1. The van der Waals surface area contributed by atoms with E-state index >= 15 is 0 Å². The predicted octanol–water partition coefficient (Wildman–Crippen LogP) is 1.09. The molecule has 0 bridgehead atoms. The van der Waals surface area contributed by atoms with Gasteiger partial charge in [0.25, 0.3) is 0 Å². The van der Waals surface area contributed by atoms with Crippen molar-refractivity contribution in [2.45, 2.75) is 13.5 Å². The van der Waals surface area contributed by atoms with Gasteiger partial charge in [0.15, 0.2) is 11.6 Å². The van der Waals surface area contributed by atoms with Crippen LogP contribution in [0.15, 0.2) is 18.2 Å². The van der Waals surface area contributed by atoms with Crippen LogP contribution in [0.4, 0.5) is 4.39 Å². The van der Waals surface area contributed by atoms with Crippen LogP contribution >= 0.6 is 0 Å². The molecule has 1 N–H and O–H groups in total. The molecule has 6 heteroatoms. The Labute approximate surface area is 131 Å². The maximum atomic E-state index is 13.7. The van der Waals surface area contributed by atoms with Crippen LogP contribution in [0, 0.1) is 5.82 Å². The molecule has 0 aromatic heterocycles. The highest BCUT2D eigenvalue weighted by Gasteiger charge is 2.19. The molecule has 0 atom stereocenters. The largest absolute Gasteiger partial charge is 0.494 e. The third-order valence-electron chi connectivity index (χ3n) is 3.83. The Kier molecular flexibility index (Phi) is 6.15. The van der Waals surface area contributed by atoms with E-state index in [4.69, 9.17) is 4.74 Å². The number of hydrogen-bond acceptors (Lipinski definition) is 4. The molecule has 1 aliphatic heterocycles. The lowest BCUT2D eigenvalue weighted by Gasteiger charge is -2.34. The van der Waals surface area contributed by atoms with E-state index in [-0.39, 0.29) is 17.5 Å². The molecule has 1 aliphatic rings. The van der Waals surface area contributed by atoms with Crippen LogP contribution in [0.25, 0.3) is 0 Å². The SMILES string of the molecule is CCNC(=O)CN1CCN(Cc2ccc(OC)c(F)c2)CC1. The fourth-order valence-electron chi connectivity index (χ4n) is 2.63. The lowest BCUT2D eigenvalue weighted by molar-refractivity contribution is -0.122. The van der Waals surface area contributed by atoms with Gasteiger partial charge < -0.3 is 10.1 Å². The van der Waals surface area contributed by atoms with E-state index < -0.39 is 0 Å². The molecule has 0 unspecified atom stereocenters. The van der Waals surface area contributed by atoms with Crippen molar-refractivity contribution in [1.82, 2.24) is 15.1 Å². The standard InChI is InChI=1S/C16H24FN3O2/c1-3-18-16(21)12-20-8-6-19(7-9-20)11-13-4-5-15(22-2)14(17)10-13/h4-5,10H,3,6-9,11-12H2,1-2H3,(H,18,21). The molecule has 1 heterocycles. The second kappa shape index (κ2) is 8.10. The second-order valence-corrected chi connectivity index (χ2v) is 5.47. The number of piperazine rings is 1. The van der Waals surface area contributed by atoms with E-state index in [2.05, 4.69) is 15.1 Å². The molecule has 2 rings (SSSR count). The van der Waals surface area contributed by atoms with Crippen molar-refractivity contribution >= 4 is 5.91 Å². The van der Waals surface area contributed by atoms with Crippen molar-refractivity contribution in [3.05, 3.63) is 29.6 Å². The number of methoxy groups -OCH3 is 1. The van der Waals surface area contributed by atoms with E-state index in [0.29, 0.717) is 13.1 Å². The summed E-state index contributed by atoms with van der Waals surface area (Å²) < 4.78 is 18.6. The molecule has 0 spiro atoms. The first-order valence-electron chi connectivity index (χ1n) is 7.66. The average molecular weight is 309 g/mol. The van der Waals surface area contributed by atoms with Crippen LogP contribution in [-0.4, -0.2) is 62.1 Å². The van der Waals surface area contributed by atoms with Crippen LogP contribution in [0.5, 0.6) is 5.75 Å². The van der Waals surface area contributed by atoms with Crippen LogP contribution < -0.4 is 10.1 Å². The third kappa shape index (κ3) is 4.68. The lowest BCUT2D eigenvalue weighted by Crippen LogP contribution is -2.49. The van der Waals surface area contributed by atoms with Crippen molar-refractivity contribution in [3.8, 4) is 5.75 Å².